The SMILES string of the molecule is Cc1c(N2CCCC(F)(F)C2)nc2ccc(Br)cc2c1C(=O)NC[C@@H](CCC(=O)O)c1c(F)ccc(F)c1Cl. The number of benzene rings is 2. The third-order valence-corrected chi connectivity index (χ3v) is 7.66. The molecule has 1 aromatic heterocycles. The number of nitrogens with zero attached hydrogens (tertiary/aromatic N) is 2. The van der Waals surface area contributed by atoms with Gasteiger partial charge in [0.2, 0.25) is 0 Å². The molecule has 0 bridgehead atoms. The lowest BCUT2D eigenvalue weighted by Crippen LogP contribution is -2.43. The maximum absolute atomic E-state index is 14.7. The number of rotatable bonds is 8. The van der Waals surface area contributed by atoms with E-state index in [1.165, 1.54) is 4.90 Å². The van der Waals surface area contributed by atoms with Gasteiger partial charge in [0.15, 0.2) is 0 Å². The Kier molecular flexibility index (Phi) is 8.70. The minimum atomic E-state index is -2.89. The van der Waals surface area contributed by atoms with Gasteiger partial charge in [0, 0.05) is 52.8 Å². The topological polar surface area (TPSA) is 82.5 Å². The monoisotopic (exact) mass is 629 g/mol. The third-order valence-electron chi connectivity index (χ3n) is 6.79. The molecule has 1 aliphatic rings. The first-order valence-electron chi connectivity index (χ1n) is 12.2. The van der Waals surface area contributed by atoms with Crippen LogP contribution >= 0.6 is 27.5 Å². The van der Waals surface area contributed by atoms with Crippen LogP contribution in [0.25, 0.3) is 10.9 Å². The van der Waals surface area contributed by atoms with Crippen LogP contribution in [0.15, 0.2) is 34.8 Å². The number of nitrogens with one attached hydrogen (secondary N) is 1. The minimum Gasteiger partial charge on any atom is -0.481 e. The van der Waals surface area contributed by atoms with Crippen molar-refractivity contribution in [2.24, 2.45) is 0 Å². The molecule has 1 saturated heterocycles. The molecule has 1 amide bonds. The fourth-order valence-corrected chi connectivity index (χ4v) is 5.60. The molecule has 1 aliphatic heterocycles. The molecule has 0 saturated carbocycles. The number of hydrogen-bond acceptors (Lipinski definition) is 4. The fraction of sp³-hybridized carbons (Fsp3) is 0.370. The van der Waals surface area contributed by atoms with E-state index in [-0.39, 0.29) is 49.2 Å². The van der Waals surface area contributed by atoms with E-state index in [0.717, 1.165) is 12.1 Å². The van der Waals surface area contributed by atoms with Crippen molar-refractivity contribution in [1.82, 2.24) is 10.3 Å². The molecule has 2 aromatic carbocycles. The van der Waals surface area contributed by atoms with Crippen LogP contribution in [0.5, 0.6) is 0 Å². The van der Waals surface area contributed by atoms with Crippen LogP contribution < -0.4 is 10.2 Å². The maximum atomic E-state index is 14.7. The number of amides is 1. The molecular weight excluding hydrogens is 606 g/mol. The largest absolute Gasteiger partial charge is 0.481 e. The summed E-state index contributed by atoms with van der Waals surface area (Å²) in [6, 6.07) is 6.83. The second kappa shape index (κ2) is 11.7. The normalized spacial score (nSPS) is 15.8. The Balaban J connectivity index is 1.72. The third kappa shape index (κ3) is 6.46. The van der Waals surface area contributed by atoms with Crippen LogP contribution in [-0.4, -0.2) is 47.5 Å². The summed E-state index contributed by atoms with van der Waals surface area (Å²) in [7, 11) is 0. The standard InChI is InChI=1S/C27H25BrClF4N3O3/c1-14-22(17-11-16(28)4-7-20(17)35-25(14)36-10-2-9-27(32,33)13-36)26(39)34-12-15(3-8-21(37)38)23-18(30)5-6-19(31)24(23)29/h4-7,11,15H,2-3,8-10,12-13H2,1H3,(H,34,39)(H,37,38)/t15-/m1/s1. The number of carbonyl (C=O) groups is 2. The van der Waals surface area contributed by atoms with E-state index in [4.69, 9.17) is 11.6 Å². The summed E-state index contributed by atoms with van der Waals surface area (Å²) in [4.78, 5) is 30.9. The van der Waals surface area contributed by atoms with Gasteiger partial charge in [0.1, 0.15) is 17.5 Å². The molecule has 0 aliphatic carbocycles. The van der Waals surface area contributed by atoms with Crippen LogP contribution in [0.3, 0.4) is 0 Å². The molecule has 4 rings (SSSR count). The van der Waals surface area contributed by atoms with Gasteiger partial charge in [-0.2, -0.15) is 0 Å². The minimum absolute atomic E-state index is 0.120. The molecule has 0 spiro atoms. The molecule has 39 heavy (non-hydrogen) atoms. The summed E-state index contributed by atoms with van der Waals surface area (Å²) in [6.07, 6.45) is -0.456. The molecule has 0 radical (unpaired) electrons. The Morgan fingerprint density at radius 2 is 1.95 bits per heavy atom. The molecule has 0 unspecified atom stereocenters. The Bertz CT molecular complexity index is 1440. The van der Waals surface area contributed by atoms with Gasteiger partial charge in [-0.3, -0.25) is 9.59 Å². The summed E-state index contributed by atoms with van der Waals surface area (Å²) in [5.41, 5.74) is 0.758. The fourth-order valence-electron chi connectivity index (χ4n) is 4.93. The number of aliphatic carboxylic acids is 1. The van der Waals surface area contributed by atoms with Gasteiger partial charge in [-0.1, -0.05) is 27.5 Å². The zero-order valence-electron chi connectivity index (χ0n) is 20.8. The number of pyridine rings is 1. The van der Waals surface area contributed by atoms with Gasteiger partial charge in [0.25, 0.3) is 11.8 Å². The summed E-state index contributed by atoms with van der Waals surface area (Å²) < 4.78 is 58.0. The van der Waals surface area contributed by atoms with E-state index in [9.17, 15) is 32.3 Å². The molecule has 208 valence electrons. The summed E-state index contributed by atoms with van der Waals surface area (Å²) >= 11 is 9.42. The van der Waals surface area contributed by atoms with Gasteiger partial charge in [-0.25, -0.2) is 22.5 Å². The molecule has 12 heteroatoms. The molecule has 1 atom stereocenters. The Morgan fingerprint density at radius 1 is 1.23 bits per heavy atom. The highest BCUT2D eigenvalue weighted by Gasteiger charge is 2.37. The van der Waals surface area contributed by atoms with E-state index >= 15 is 0 Å². The number of carbonyl (C=O) groups excluding carboxylic acids is 1. The number of fused-ring (bicyclic) bond motifs is 1. The predicted molar refractivity (Wildman–Crippen MR) is 144 cm³/mol. The van der Waals surface area contributed by atoms with Crippen LogP contribution in [0, 0.1) is 18.6 Å². The van der Waals surface area contributed by atoms with Crippen molar-refractivity contribution in [3.05, 3.63) is 68.2 Å². The highest BCUT2D eigenvalue weighted by atomic mass is 79.9. The molecule has 1 fully saturated rings. The lowest BCUT2D eigenvalue weighted by molar-refractivity contribution is -0.137. The molecule has 6 nitrogen and oxygen atoms in total. The van der Waals surface area contributed by atoms with Crippen LogP contribution in [0.4, 0.5) is 23.4 Å². The average molecular weight is 631 g/mol. The molecule has 2 N–H and O–H groups in total. The zero-order valence-corrected chi connectivity index (χ0v) is 23.2. The van der Waals surface area contributed by atoms with Crippen molar-refractivity contribution < 1.29 is 32.3 Å². The summed E-state index contributed by atoms with van der Waals surface area (Å²) in [5, 5.41) is 11.9. The van der Waals surface area contributed by atoms with Crippen molar-refractivity contribution in [1.29, 1.82) is 0 Å². The Labute approximate surface area is 235 Å². The molecule has 3 aromatic rings. The van der Waals surface area contributed by atoms with Gasteiger partial charge in [-0.15, -0.1) is 0 Å². The molecular formula is C27H25BrClF4N3O3. The lowest BCUT2D eigenvalue weighted by Gasteiger charge is -2.34. The van der Waals surface area contributed by atoms with E-state index in [1.807, 2.05) is 0 Å². The first-order chi connectivity index (χ1) is 18.4. The number of aromatic nitrogens is 1. The number of piperidine rings is 1. The summed E-state index contributed by atoms with van der Waals surface area (Å²) in [5.74, 6) is -7.03. The van der Waals surface area contributed by atoms with E-state index < -0.39 is 46.9 Å². The van der Waals surface area contributed by atoms with Gasteiger partial charge in [0.05, 0.1) is 22.6 Å². The van der Waals surface area contributed by atoms with Crippen molar-refractivity contribution >= 4 is 56.1 Å². The second-order valence-corrected chi connectivity index (χ2v) is 10.9. The number of anilines is 1. The van der Waals surface area contributed by atoms with Crippen molar-refractivity contribution in [2.75, 3.05) is 24.5 Å². The average Bonchev–Trinajstić information content (AvgIpc) is 2.86. The number of hydrogen-bond donors (Lipinski definition) is 2. The van der Waals surface area contributed by atoms with Crippen LogP contribution in [-0.2, 0) is 4.79 Å². The first-order valence-corrected chi connectivity index (χ1v) is 13.4. The van der Waals surface area contributed by atoms with Crippen molar-refractivity contribution in [3.63, 3.8) is 0 Å². The highest BCUT2D eigenvalue weighted by Crippen LogP contribution is 2.36. The Morgan fingerprint density at radius 3 is 2.64 bits per heavy atom. The smallest absolute Gasteiger partial charge is 0.303 e. The van der Waals surface area contributed by atoms with E-state index in [1.54, 1.807) is 25.1 Å². The number of alkyl halides is 2. The predicted octanol–water partition coefficient (Wildman–Crippen LogP) is 6.85. The van der Waals surface area contributed by atoms with E-state index in [2.05, 4.69) is 26.2 Å². The van der Waals surface area contributed by atoms with E-state index in [0.29, 0.717) is 27.5 Å². The van der Waals surface area contributed by atoms with Crippen LogP contribution in [0.2, 0.25) is 5.02 Å². The van der Waals surface area contributed by atoms with Crippen molar-refractivity contribution in [2.45, 2.75) is 44.4 Å². The lowest BCUT2D eigenvalue weighted by atomic mass is 9.93. The second-order valence-electron chi connectivity index (χ2n) is 9.57. The number of carboxylic acid groups (broad SMARTS) is 1. The van der Waals surface area contributed by atoms with Gasteiger partial charge < -0.3 is 15.3 Å². The number of carboxylic acids is 1. The van der Waals surface area contributed by atoms with Gasteiger partial charge >= 0.3 is 5.97 Å². The highest BCUT2D eigenvalue weighted by molar-refractivity contribution is 9.10. The van der Waals surface area contributed by atoms with Crippen LogP contribution in [0.1, 0.15) is 53.1 Å². The summed E-state index contributed by atoms with van der Waals surface area (Å²) in [6.45, 7) is 1.19. The molecule has 2 heterocycles. The first kappa shape index (κ1) is 29.1. The van der Waals surface area contributed by atoms with Crippen molar-refractivity contribution in [3.8, 4) is 0 Å². The quantitative estimate of drug-likeness (QED) is 0.210. The maximum Gasteiger partial charge on any atom is 0.303 e. The zero-order chi connectivity index (χ0) is 28.5. The number of halogens is 6. The Hall–Kier alpha value is -2.92. The van der Waals surface area contributed by atoms with Gasteiger partial charge in [-0.05, 0) is 50.1 Å².